The number of nitrogens with one attached hydrogen (secondary N) is 2. The Labute approximate surface area is 142 Å². The lowest BCUT2D eigenvalue weighted by Gasteiger charge is -2.10. The summed E-state index contributed by atoms with van der Waals surface area (Å²) in [5.74, 6) is 0.362. The summed E-state index contributed by atoms with van der Waals surface area (Å²) in [6, 6.07) is 3.67. The van der Waals surface area contributed by atoms with Crippen molar-refractivity contribution >= 4 is 34.9 Å². The number of aliphatic imine (C=N–C) groups is 1. The van der Waals surface area contributed by atoms with E-state index in [1.807, 2.05) is 12.1 Å². The van der Waals surface area contributed by atoms with Crippen LogP contribution >= 0.6 is 23.8 Å². The van der Waals surface area contributed by atoms with Gasteiger partial charge in [-0.3, -0.25) is 9.98 Å². The first-order valence-electron chi connectivity index (χ1n) is 7.57. The van der Waals surface area contributed by atoms with Gasteiger partial charge in [0, 0.05) is 19.3 Å². The van der Waals surface area contributed by atoms with Crippen LogP contribution in [-0.2, 0) is 6.42 Å². The van der Waals surface area contributed by atoms with Crippen LogP contribution in [0.2, 0.25) is 5.02 Å². The maximum atomic E-state index is 6.05. The summed E-state index contributed by atoms with van der Waals surface area (Å²) in [5, 5.41) is 7.16. The molecule has 0 unspecified atom stereocenters. The van der Waals surface area contributed by atoms with Crippen molar-refractivity contribution < 1.29 is 0 Å². The number of guanidine groups is 1. The number of aryl methyl sites for hydroxylation is 1. The third-order valence-corrected chi connectivity index (χ3v) is 3.59. The van der Waals surface area contributed by atoms with Gasteiger partial charge >= 0.3 is 0 Å². The van der Waals surface area contributed by atoms with Gasteiger partial charge in [-0.05, 0) is 43.6 Å². The van der Waals surface area contributed by atoms with Gasteiger partial charge in [0.2, 0.25) is 0 Å². The Morgan fingerprint density at radius 3 is 2.95 bits per heavy atom. The molecule has 0 saturated heterocycles. The van der Waals surface area contributed by atoms with E-state index in [2.05, 4.69) is 27.5 Å². The summed E-state index contributed by atoms with van der Waals surface area (Å²) in [6.45, 7) is 3.61. The molecular weight excluding hydrogens is 318 g/mol. The third-order valence-electron chi connectivity index (χ3n) is 3.00. The summed E-state index contributed by atoms with van der Waals surface area (Å²) in [6.07, 6.45) is 6.81. The molecule has 1 aromatic heterocycles. The predicted molar refractivity (Wildman–Crippen MR) is 97.3 cm³/mol. The highest BCUT2D eigenvalue weighted by molar-refractivity contribution is 7.80. The first kappa shape index (κ1) is 18.6. The minimum atomic E-state index is 0.362. The van der Waals surface area contributed by atoms with Crippen LogP contribution in [0, 0.1) is 0 Å². The van der Waals surface area contributed by atoms with Gasteiger partial charge in [-0.15, -0.1) is 0 Å². The van der Waals surface area contributed by atoms with Gasteiger partial charge in [0.05, 0.1) is 10.7 Å². The largest absolute Gasteiger partial charge is 0.370 e. The number of aromatic nitrogens is 1. The van der Waals surface area contributed by atoms with Crippen LogP contribution in [0.4, 0.5) is 0 Å². The van der Waals surface area contributed by atoms with Crippen LogP contribution < -0.4 is 16.4 Å². The van der Waals surface area contributed by atoms with E-state index in [1.165, 1.54) is 6.42 Å². The van der Waals surface area contributed by atoms with Gasteiger partial charge in [0.15, 0.2) is 11.1 Å². The molecule has 0 aliphatic rings. The number of thiocarbonyl (C=S) groups is 1. The van der Waals surface area contributed by atoms with Crippen molar-refractivity contribution in [2.24, 2.45) is 10.7 Å². The van der Waals surface area contributed by atoms with E-state index in [1.54, 1.807) is 6.20 Å². The third kappa shape index (κ3) is 8.14. The van der Waals surface area contributed by atoms with Crippen LogP contribution in [0.15, 0.2) is 23.3 Å². The Bertz CT molecular complexity index is 493. The highest BCUT2D eigenvalue weighted by Crippen LogP contribution is 2.13. The van der Waals surface area contributed by atoms with Crippen molar-refractivity contribution in [2.75, 3.05) is 13.1 Å². The molecule has 0 spiro atoms. The van der Waals surface area contributed by atoms with E-state index in [9.17, 15) is 0 Å². The SMILES string of the molecule is CCCCCN=C(N)NC(=S)NCCCc1ncccc1Cl. The summed E-state index contributed by atoms with van der Waals surface area (Å²) >= 11 is 11.2. The summed E-state index contributed by atoms with van der Waals surface area (Å²) < 4.78 is 0. The minimum Gasteiger partial charge on any atom is -0.370 e. The van der Waals surface area contributed by atoms with Crippen molar-refractivity contribution in [3.8, 4) is 0 Å². The second kappa shape index (κ2) is 11.2. The average molecular weight is 342 g/mol. The number of hydrogen-bond donors (Lipinski definition) is 3. The number of unbranched alkanes of at least 4 members (excludes halogenated alkanes) is 2. The first-order chi connectivity index (χ1) is 10.6. The van der Waals surface area contributed by atoms with E-state index in [0.29, 0.717) is 16.1 Å². The zero-order valence-corrected chi connectivity index (χ0v) is 14.5. The maximum Gasteiger partial charge on any atom is 0.194 e. The summed E-state index contributed by atoms with van der Waals surface area (Å²) in [7, 11) is 0. The zero-order chi connectivity index (χ0) is 16.2. The molecule has 0 fully saturated rings. The van der Waals surface area contributed by atoms with Crippen LogP contribution in [0.1, 0.15) is 38.3 Å². The lowest BCUT2D eigenvalue weighted by atomic mass is 10.2. The minimum absolute atomic E-state index is 0.362. The monoisotopic (exact) mass is 341 g/mol. The Kier molecular flexibility index (Phi) is 9.50. The van der Waals surface area contributed by atoms with Gasteiger partial charge < -0.3 is 16.4 Å². The molecule has 0 bridgehead atoms. The van der Waals surface area contributed by atoms with Gasteiger partial charge in [-0.2, -0.15) is 0 Å². The lowest BCUT2D eigenvalue weighted by molar-refractivity contribution is 0.726. The van der Waals surface area contributed by atoms with E-state index in [-0.39, 0.29) is 0 Å². The Balaban J connectivity index is 2.16. The van der Waals surface area contributed by atoms with Gasteiger partial charge in [-0.1, -0.05) is 31.4 Å². The van der Waals surface area contributed by atoms with Crippen LogP contribution in [0.25, 0.3) is 0 Å². The molecule has 0 aromatic carbocycles. The number of hydrogen-bond acceptors (Lipinski definition) is 3. The molecule has 122 valence electrons. The Morgan fingerprint density at radius 1 is 1.41 bits per heavy atom. The number of pyridine rings is 1. The van der Waals surface area contributed by atoms with Crippen molar-refractivity contribution in [3.63, 3.8) is 0 Å². The van der Waals surface area contributed by atoms with Gasteiger partial charge in [0.25, 0.3) is 0 Å². The van der Waals surface area contributed by atoms with Crippen molar-refractivity contribution in [1.82, 2.24) is 15.6 Å². The first-order valence-corrected chi connectivity index (χ1v) is 8.36. The van der Waals surface area contributed by atoms with Crippen LogP contribution in [-0.4, -0.2) is 29.1 Å². The number of rotatable bonds is 8. The zero-order valence-electron chi connectivity index (χ0n) is 12.9. The fraction of sp³-hybridized carbons (Fsp3) is 0.533. The smallest absolute Gasteiger partial charge is 0.194 e. The molecule has 1 rings (SSSR count). The molecule has 0 saturated carbocycles. The topological polar surface area (TPSA) is 75.3 Å². The standard InChI is InChI=1S/C15H24ClN5S/c1-2-3-4-9-19-14(17)21-15(22)20-11-6-8-13-12(16)7-5-10-18-13/h5,7,10H,2-4,6,8-9,11H2,1H3,(H4,17,19,20,21,22). The van der Waals surface area contributed by atoms with E-state index in [0.717, 1.165) is 44.5 Å². The van der Waals surface area contributed by atoms with Crippen LogP contribution in [0.5, 0.6) is 0 Å². The highest BCUT2D eigenvalue weighted by atomic mass is 35.5. The quantitative estimate of drug-likeness (QED) is 0.293. The van der Waals surface area contributed by atoms with E-state index >= 15 is 0 Å². The molecule has 7 heteroatoms. The Morgan fingerprint density at radius 2 is 2.23 bits per heavy atom. The van der Waals surface area contributed by atoms with Crippen molar-refractivity contribution in [3.05, 3.63) is 29.0 Å². The molecule has 22 heavy (non-hydrogen) atoms. The van der Waals surface area contributed by atoms with Gasteiger partial charge in [0.1, 0.15) is 0 Å². The average Bonchev–Trinajstić information content (AvgIpc) is 2.50. The van der Waals surface area contributed by atoms with Crippen LogP contribution in [0.3, 0.4) is 0 Å². The van der Waals surface area contributed by atoms with Crippen molar-refractivity contribution in [1.29, 1.82) is 0 Å². The molecule has 0 aliphatic carbocycles. The number of nitrogens with zero attached hydrogens (tertiary/aromatic N) is 2. The molecule has 0 radical (unpaired) electrons. The molecule has 1 heterocycles. The highest BCUT2D eigenvalue weighted by Gasteiger charge is 2.01. The molecule has 5 nitrogen and oxygen atoms in total. The Hall–Kier alpha value is -1.40. The number of halogens is 1. The van der Waals surface area contributed by atoms with Gasteiger partial charge in [-0.25, -0.2) is 0 Å². The lowest BCUT2D eigenvalue weighted by Crippen LogP contribution is -2.43. The van der Waals surface area contributed by atoms with E-state index in [4.69, 9.17) is 29.6 Å². The molecule has 0 atom stereocenters. The van der Waals surface area contributed by atoms with Crippen molar-refractivity contribution in [2.45, 2.75) is 39.0 Å². The summed E-state index contributed by atoms with van der Waals surface area (Å²) in [4.78, 5) is 8.46. The van der Waals surface area contributed by atoms with E-state index < -0.39 is 0 Å². The molecule has 4 N–H and O–H groups in total. The predicted octanol–water partition coefficient (Wildman–Crippen LogP) is 2.64. The summed E-state index contributed by atoms with van der Waals surface area (Å²) in [5.41, 5.74) is 6.66. The normalized spacial score (nSPS) is 11.3. The fourth-order valence-corrected chi connectivity index (χ4v) is 2.24. The number of nitrogens with two attached hydrogens (primary N) is 1. The second-order valence-corrected chi connectivity index (χ2v) is 5.71. The second-order valence-electron chi connectivity index (χ2n) is 4.89. The molecule has 0 aliphatic heterocycles. The molecule has 1 aromatic rings. The maximum absolute atomic E-state index is 6.05. The molecular formula is C15H24ClN5S. The fourth-order valence-electron chi connectivity index (χ4n) is 1.82. The molecule has 0 amide bonds.